The lowest BCUT2D eigenvalue weighted by Gasteiger charge is -2.33. The summed E-state index contributed by atoms with van der Waals surface area (Å²) in [6, 6.07) is 5.37. The average molecular weight is 519 g/mol. The third kappa shape index (κ3) is 3.82. The number of terminal acetylenes is 1. The van der Waals surface area contributed by atoms with E-state index in [1.54, 1.807) is 6.92 Å². The van der Waals surface area contributed by atoms with Gasteiger partial charge in [-0.25, -0.2) is 13.8 Å². The van der Waals surface area contributed by atoms with E-state index in [-0.39, 0.29) is 64.2 Å². The van der Waals surface area contributed by atoms with Crippen LogP contribution in [0.5, 0.6) is 17.6 Å². The Morgan fingerprint density at radius 3 is 2.58 bits per heavy atom. The summed E-state index contributed by atoms with van der Waals surface area (Å²) in [7, 11) is 1.40. The Kier molecular flexibility index (Phi) is 5.88. The van der Waals surface area contributed by atoms with Gasteiger partial charge in [0.05, 0.1) is 31.5 Å². The molecule has 0 aliphatic carbocycles. The van der Waals surface area contributed by atoms with Crippen molar-refractivity contribution in [2.24, 2.45) is 0 Å². The predicted octanol–water partition coefficient (Wildman–Crippen LogP) is 4.59. The largest absolute Gasteiger partial charge is 0.508 e. The van der Waals surface area contributed by atoms with Crippen LogP contribution in [0.25, 0.3) is 32.9 Å². The van der Waals surface area contributed by atoms with Crippen LogP contribution in [0.15, 0.2) is 24.3 Å². The summed E-state index contributed by atoms with van der Waals surface area (Å²) >= 11 is 0. The van der Waals surface area contributed by atoms with Crippen LogP contribution < -0.4 is 14.4 Å². The molecule has 4 heterocycles. The highest BCUT2D eigenvalue weighted by molar-refractivity contribution is 6.04. The Bertz CT molecular complexity index is 1630. The fourth-order valence-electron chi connectivity index (χ4n) is 5.38. The van der Waals surface area contributed by atoms with Gasteiger partial charge >= 0.3 is 6.01 Å². The molecule has 0 amide bonds. The summed E-state index contributed by atoms with van der Waals surface area (Å²) < 4.78 is 48.4. The zero-order chi connectivity index (χ0) is 26.6. The van der Waals surface area contributed by atoms with E-state index in [2.05, 4.69) is 20.9 Å². The predicted molar refractivity (Wildman–Crippen MR) is 138 cm³/mol. The van der Waals surface area contributed by atoms with Crippen molar-refractivity contribution in [3.63, 3.8) is 0 Å². The number of nitrogens with zero attached hydrogens (tertiary/aromatic N) is 4. The minimum absolute atomic E-state index is 0.0269. The Hall–Kier alpha value is -4.23. The van der Waals surface area contributed by atoms with Crippen molar-refractivity contribution in [2.75, 3.05) is 31.7 Å². The van der Waals surface area contributed by atoms with Crippen molar-refractivity contribution in [3.05, 3.63) is 41.5 Å². The Morgan fingerprint density at radius 2 is 1.89 bits per heavy atom. The molecule has 2 saturated heterocycles. The topological polar surface area (TPSA) is 89.8 Å². The van der Waals surface area contributed by atoms with Gasteiger partial charge in [0.2, 0.25) is 5.88 Å². The molecule has 2 unspecified atom stereocenters. The maximum Gasteiger partial charge on any atom is 0.318 e. The van der Waals surface area contributed by atoms with Crippen molar-refractivity contribution in [3.8, 4) is 41.2 Å². The van der Waals surface area contributed by atoms with Gasteiger partial charge in [0.25, 0.3) is 0 Å². The molecule has 0 radical (unpaired) electrons. The molecule has 2 aliphatic rings. The summed E-state index contributed by atoms with van der Waals surface area (Å²) in [4.78, 5) is 15.5. The number of hydrogen-bond acceptors (Lipinski definition) is 8. The standard InChI is InChI=1S/C28H24F2N4O4/c1-4-18-20(29)9-6-14-10-15(35)11-19(21(14)18)24-23(30)25-22(27(31-24)37-5-2)26(33-28(32-25)36-3)34-12-16-7-8-17(13-34)38-16/h1,6,9-11,16-17,35H,5,7-8,12-13H2,2-3H3. The van der Waals surface area contributed by atoms with E-state index in [0.29, 0.717) is 29.7 Å². The quantitative estimate of drug-likeness (QED) is 0.384. The Morgan fingerprint density at radius 1 is 1.13 bits per heavy atom. The normalized spacial score (nSPS) is 18.7. The highest BCUT2D eigenvalue weighted by Crippen LogP contribution is 2.42. The van der Waals surface area contributed by atoms with Crippen LogP contribution in [-0.2, 0) is 4.74 Å². The van der Waals surface area contributed by atoms with Gasteiger partial charge in [-0.2, -0.15) is 9.97 Å². The lowest BCUT2D eigenvalue weighted by molar-refractivity contribution is 0.0302. The number of hydrogen-bond donors (Lipinski definition) is 1. The van der Waals surface area contributed by atoms with Crippen molar-refractivity contribution in [1.82, 2.24) is 15.0 Å². The lowest BCUT2D eigenvalue weighted by Crippen LogP contribution is -2.43. The molecule has 4 aromatic rings. The zero-order valence-corrected chi connectivity index (χ0v) is 20.8. The van der Waals surface area contributed by atoms with Gasteiger partial charge in [0.15, 0.2) is 5.82 Å². The van der Waals surface area contributed by atoms with Crippen molar-refractivity contribution >= 4 is 27.5 Å². The molecular weight excluding hydrogens is 494 g/mol. The van der Waals surface area contributed by atoms with E-state index in [1.165, 1.54) is 31.4 Å². The minimum Gasteiger partial charge on any atom is -0.508 e. The second-order valence-corrected chi connectivity index (χ2v) is 9.29. The molecule has 2 atom stereocenters. The highest BCUT2D eigenvalue weighted by atomic mass is 19.1. The molecule has 8 nitrogen and oxygen atoms in total. The average Bonchev–Trinajstić information content (AvgIpc) is 3.26. The number of anilines is 1. The van der Waals surface area contributed by atoms with E-state index in [1.807, 2.05) is 4.90 Å². The van der Waals surface area contributed by atoms with E-state index in [4.69, 9.17) is 20.6 Å². The van der Waals surface area contributed by atoms with Crippen LogP contribution in [0.4, 0.5) is 14.6 Å². The van der Waals surface area contributed by atoms with Gasteiger partial charge in [0, 0.05) is 24.0 Å². The first kappa shape index (κ1) is 24.1. The second-order valence-electron chi connectivity index (χ2n) is 9.29. The maximum atomic E-state index is 16.5. The molecule has 1 N–H and O–H groups in total. The molecule has 2 aromatic carbocycles. The minimum atomic E-state index is -0.805. The first-order valence-electron chi connectivity index (χ1n) is 12.3. The van der Waals surface area contributed by atoms with Crippen LogP contribution >= 0.6 is 0 Å². The molecule has 10 heteroatoms. The number of pyridine rings is 1. The highest BCUT2D eigenvalue weighted by Gasteiger charge is 2.36. The molecule has 0 saturated carbocycles. The molecule has 2 fully saturated rings. The van der Waals surface area contributed by atoms with Crippen LogP contribution in [0.2, 0.25) is 0 Å². The Labute approximate surface area is 217 Å². The fraction of sp³-hybridized carbons (Fsp3) is 0.321. The van der Waals surface area contributed by atoms with E-state index >= 15 is 4.39 Å². The molecule has 2 aromatic heterocycles. The summed E-state index contributed by atoms with van der Waals surface area (Å²) in [5.41, 5.74) is -0.232. The smallest absolute Gasteiger partial charge is 0.318 e. The molecule has 6 rings (SSSR count). The number of aromatic hydroxyl groups is 1. The third-order valence-electron chi connectivity index (χ3n) is 6.97. The van der Waals surface area contributed by atoms with E-state index < -0.39 is 11.6 Å². The Balaban J connectivity index is 1.67. The van der Waals surface area contributed by atoms with Gasteiger partial charge in [-0.15, -0.1) is 6.42 Å². The van der Waals surface area contributed by atoms with Crippen LogP contribution in [-0.4, -0.2) is 59.1 Å². The first-order valence-corrected chi connectivity index (χ1v) is 12.3. The van der Waals surface area contributed by atoms with Crippen LogP contribution in [0.3, 0.4) is 0 Å². The number of phenolic OH excluding ortho intramolecular Hbond substituents is 1. The number of phenols is 1. The van der Waals surface area contributed by atoms with Gasteiger partial charge < -0.3 is 24.2 Å². The van der Waals surface area contributed by atoms with E-state index in [9.17, 15) is 9.50 Å². The second kappa shape index (κ2) is 9.26. The number of ether oxygens (including phenoxy) is 3. The van der Waals surface area contributed by atoms with Gasteiger partial charge in [-0.3, -0.25) is 0 Å². The van der Waals surface area contributed by atoms with Gasteiger partial charge in [0.1, 0.15) is 34.0 Å². The number of fused-ring (bicyclic) bond motifs is 4. The van der Waals surface area contributed by atoms with Crippen LogP contribution in [0, 0.1) is 24.0 Å². The number of aromatic nitrogens is 3. The van der Waals surface area contributed by atoms with Crippen LogP contribution in [0.1, 0.15) is 25.3 Å². The molecular formula is C28H24F2N4O4. The molecule has 2 aliphatic heterocycles. The lowest BCUT2D eigenvalue weighted by atomic mass is 9.95. The molecule has 194 valence electrons. The maximum absolute atomic E-state index is 16.5. The summed E-state index contributed by atoms with van der Waals surface area (Å²) in [5.74, 6) is 1.27. The number of morpholine rings is 1. The van der Waals surface area contributed by atoms with E-state index in [0.717, 1.165) is 12.8 Å². The van der Waals surface area contributed by atoms with Gasteiger partial charge in [-0.1, -0.05) is 12.0 Å². The molecule has 38 heavy (non-hydrogen) atoms. The third-order valence-corrected chi connectivity index (χ3v) is 6.97. The SMILES string of the molecule is C#Cc1c(F)ccc2cc(O)cc(-c3nc(OCC)c4c(N5CC6CCC(C5)O6)nc(OC)nc4c3F)c12. The summed E-state index contributed by atoms with van der Waals surface area (Å²) in [6.07, 6.45) is 7.61. The van der Waals surface area contributed by atoms with Crippen molar-refractivity contribution < 1.29 is 28.1 Å². The molecule has 2 bridgehead atoms. The number of rotatable bonds is 5. The number of halogens is 2. The summed E-state index contributed by atoms with van der Waals surface area (Å²) in [5, 5.41) is 11.4. The monoisotopic (exact) mass is 518 g/mol. The van der Waals surface area contributed by atoms with Crippen molar-refractivity contribution in [2.45, 2.75) is 32.0 Å². The first-order chi connectivity index (χ1) is 18.4. The summed E-state index contributed by atoms with van der Waals surface area (Å²) in [6.45, 7) is 3.16. The van der Waals surface area contributed by atoms with Gasteiger partial charge in [-0.05, 0) is 43.4 Å². The zero-order valence-electron chi connectivity index (χ0n) is 20.8. The fourth-order valence-corrected chi connectivity index (χ4v) is 5.38. The van der Waals surface area contributed by atoms with Crippen molar-refractivity contribution in [1.29, 1.82) is 0 Å². The molecule has 0 spiro atoms. The number of benzene rings is 2. The number of methoxy groups -OCH3 is 1.